The highest BCUT2D eigenvalue weighted by atomic mass is 15.5. The molecule has 0 aromatic rings. The molecule has 492 valence electrons. The van der Waals surface area contributed by atoms with E-state index in [1.165, 1.54) is 236 Å². The van der Waals surface area contributed by atoms with Crippen molar-refractivity contribution in [3.8, 4) is 0 Å². The van der Waals surface area contributed by atoms with E-state index in [1.54, 1.807) is 0 Å². The molecule has 12 nitrogen and oxygen atoms in total. The van der Waals surface area contributed by atoms with Gasteiger partial charge in [0.05, 0.1) is 139 Å². The molecule has 0 spiro atoms. The summed E-state index contributed by atoms with van der Waals surface area (Å²) in [6.45, 7) is 81.7. The number of hydrogen-bond donors (Lipinski definition) is 0. The predicted molar refractivity (Wildman–Crippen MR) is 363 cm³/mol. The summed E-state index contributed by atoms with van der Waals surface area (Å²) in [5.41, 5.74) is 0. The quantitative estimate of drug-likeness (QED) is 0.0891. The van der Waals surface area contributed by atoms with Crippen LogP contribution in [0.2, 0.25) is 0 Å². The minimum Gasteiger partial charge on any atom is -0.312 e. The van der Waals surface area contributed by atoms with Gasteiger partial charge in [-0.15, -0.1) is 0 Å². The number of rotatable bonds is 24. The summed E-state index contributed by atoms with van der Waals surface area (Å²) < 4.78 is 7.48. The van der Waals surface area contributed by atoms with Gasteiger partial charge in [-0.25, -0.2) is 14.7 Å². The Morgan fingerprint density at radius 2 is 0.756 bits per heavy atom. The van der Waals surface area contributed by atoms with Crippen molar-refractivity contribution in [3.63, 3.8) is 0 Å². The molecule has 0 bridgehead atoms. The average Bonchev–Trinajstić information content (AvgIpc) is 4.22. The van der Waals surface area contributed by atoms with Crippen molar-refractivity contribution < 1.29 is 26.9 Å². The molecule has 6 saturated heterocycles. The SMILES string of the molecule is CCC1CN(CC(C)C)C[N@+]1(C)CC.CCC1C[N@@+](C)(CC)CN1CC(C)C.CCCC1CN(CCC)C[N@+]1(C)CC.CCCC1C[N@@+](C)(CC)CN1CCC.CC[N@+]1(C)CC(C)N(CC(C)C)C1.CC[N@@+]1(C)CN(CC(C)C)CC1C. The highest BCUT2D eigenvalue weighted by Gasteiger charge is 2.43. The van der Waals surface area contributed by atoms with Crippen LogP contribution in [0.15, 0.2) is 0 Å². The van der Waals surface area contributed by atoms with Gasteiger partial charge in [0.2, 0.25) is 0 Å². The lowest BCUT2D eigenvalue weighted by atomic mass is 10.1. The third-order valence-electron chi connectivity index (χ3n) is 21.2. The van der Waals surface area contributed by atoms with Crippen LogP contribution in [0.3, 0.4) is 0 Å². The number of nitrogens with zero attached hydrogens (tertiary/aromatic N) is 12. The minimum atomic E-state index is 0.771. The lowest BCUT2D eigenvalue weighted by molar-refractivity contribution is -0.923. The lowest BCUT2D eigenvalue weighted by Gasteiger charge is -2.34. The molecule has 0 saturated carbocycles. The molecule has 12 heteroatoms. The van der Waals surface area contributed by atoms with E-state index >= 15 is 0 Å². The molecule has 12 atom stereocenters. The molecule has 6 fully saturated rings. The minimum absolute atomic E-state index is 0.771. The van der Waals surface area contributed by atoms with Gasteiger partial charge in [-0.3, -0.25) is 14.7 Å². The predicted octanol–water partition coefficient (Wildman–Crippen LogP) is 12.5. The molecule has 6 aliphatic heterocycles. The first-order chi connectivity index (χ1) is 38.3. The Bertz CT molecular complexity index is 1610. The maximum absolute atomic E-state index is 2.70. The first kappa shape index (κ1) is 79.5. The lowest BCUT2D eigenvalue weighted by Crippen LogP contribution is -2.49. The summed E-state index contributed by atoms with van der Waals surface area (Å²) in [6.07, 6.45) is 10.7. The molecule has 6 heterocycles. The molecule has 0 radical (unpaired) electrons. The van der Waals surface area contributed by atoms with Gasteiger partial charge < -0.3 is 26.9 Å². The van der Waals surface area contributed by atoms with Crippen LogP contribution >= 0.6 is 0 Å². The van der Waals surface area contributed by atoms with Crippen LogP contribution in [0, 0.1) is 23.7 Å². The first-order valence-corrected chi connectivity index (χ1v) is 35.7. The van der Waals surface area contributed by atoms with Gasteiger partial charge >= 0.3 is 0 Å². The second-order valence-corrected chi connectivity index (χ2v) is 31.4. The monoisotopic (exact) mass is 1170 g/mol. The van der Waals surface area contributed by atoms with E-state index in [0.29, 0.717) is 0 Å². The van der Waals surface area contributed by atoms with Crippen molar-refractivity contribution in [2.24, 2.45) is 23.7 Å². The molecule has 0 aromatic carbocycles. The Balaban J connectivity index is 0.000000492. The standard InChI is InChI=1S/4C12H27N2.2C11H25N2/c1-6-12-9-14(5,7-2)10-13(12)8-11(3)4;1-6-12-9-13(8-11(3)4)10-14(12,5)7-2;1-5-8-12-10-14(4,7-3)11-13(12)9-6-2;1-5-8-12-10-13(9-6-2)11-14(12,4)7-3;1-6-13(5)8-11(4)12(9-13)7-10(2)3;1-6-13(5)9-12(7-10(2)3)8-11(13)4/h2*11-12H,6-10H2,1-5H3;2*12H,5-11H2,1-4H3;2*10-11H,6-9H2,1-5H3/q6*+1/t4*12?,14-;2*11?,13-/m101010/s1. The van der Waals surface area contributed by atoms with Crippen LogP contribution in [-0.2, 0) is 0 Å². The smallest absolute Gasteiger partial charge is 0.135 e. The van der Waals surface area contributed by atoms with E-state index < -0.39 is 0 Å². The van der Waals surface area contributed by atoms with E-state index in [-0.39, 0.29) is 0 Å². The summed E-state index contributed by atoms with van der Waals surface area (Å²) in [4.78, 5) is 15.9. The van der Waals surface area contributed by atoms with Crippen LogP contribution in [0.1, 0.15) is 204 Å². The van der Waals surface area contributed by atoms with Crippen molar-refractivity contribution in [2.75, 3.05) is 200 Å². The summed E-state index contributed by atoms with van der Waals surface area (Å²) >= 11 is 0. The van der Waals surface area contributed by atoms with Crippen molar-refractivity contribution in [3.05, 3.63) is 0 Å². The zero-order valence-corrected chi connectivity index (χ0v) is 61.8. The maximum Gasteiger partial charge on any atom is 0.135 e. The van der Waals surface area contributed by atoms with E-state index in [9.17, 15) is 0 Å². The summed E-state index contributed by atoms with van der Waals surface area (Å²) in [5.74, 6) is 3.20. The summed E-state index contributed by atoms with van der Waals surface area (Å²) in [6, 6.07) is 5.00. The number of likely N-dealkylation sites (N-methyl/N-ethyl adjacent to an activating group) is 6. The highest BCUT2D eigenvalue weighted by molar-refractivity contribution is 4.78. The molecule has 0 N–H and O–H groups in total. The normalized spacial score (nSPS) is 34.7. The molecular weight excluding hydrogens is 1010 g/mol. The Kier molecular flexibility index (Phi) is 37.0. The Morgan fingerprint density at radius 3 is 1.16 bits per heavy atom. The van der Waals surface area contributed by atoms with Crippen LogP contribution < -0.4 is 0 Å². The van der Waals surface area contributed by atoms with Gasteiger partial charge in [0.15, 0.2) is 0 Å². The van der Waals surface area contributed by atoms with E-state index in [4.69, 9.17) is 0 Å². The van der Waals surface area contributed by atoms with Crippen LogP contribution in [-0.4, -0.2) is 293 Å². The Morgan fingerprint density at radius 1 is 0.354 bits per heavy atom. The largest absolute Gasteiger partial charge is 0.312 e. The topological polar surface area (TPSA) is 19.4 Å². The molecule has 0 aliphatic carbocycles. The molecule has 0 aromatic heterocycles. The summed E-state index contributed by atoms with van der Waals surface area (Å²) in [5, 5.41) is 0. The molecule has 6 rings (SSSR count). The Hall–Kier alpha value is -0.480. The van der Waals surface area contributed by atoms with Gasteiger partial charge in [0, 0.05) is 45.7 Å². The van der Waals surface area contributed by atoms with Crippen molar-refractivity contribution in [1.82, 2.24) is 29.4 Å². The summed E-state index contributed by atoms with van der Waals surface area (Å²) in [7, 11) is 14.4. The van der Waals surface area contributed by atoms with Gasteiger partial charge in [-0.2, -0.15) is 0 Å². The zero-order valence-electron chi connectivity index (χ0n) is 61.8. The highest BCUT2D eigenvalue weighted by Crippen LogP contribution is 2.28. The van der Waals surface area contributed by atoms with Gasteiger partial charge in [-0.1, -0.05) is 110 Å². The van der Waals surface area contributed by atoms with E-state index in [0.717, 1.165) is 59.9 Å². The third kappa shape index (κ3) is 26.3. The fourth-order valence-corrected chi connectivity index (χ4v) is 15.2. The number of hydrogen-bond acceptors (Lipinski definition) is 6. The molecule has 82 heavy (non-hydrogen) atoms. The number of quaternary nitrogens is 6. The van der Waals surface area contributed by atoms with Crippen molar-refractivity contribution >= 4 is 0 Å². The Labute approximate surface area is 517 Å². The van der Waals surface area contributed by atoms with Gasteiger partial charge in [-0.05, 0) is 111 Å². The molecule has 0 amide bonds. The van der Waals surface area contributed by atoms with Crippen molar-refractivity contribution in [1.29, 1.82) is 0 Å². The molecule has 6 unspecified atom stereocenters. The fourth-order valence-electron chi connectivity index (χ4n) is 15.2. The molecule has 6 aliphatic rings. The fraction of sp³-hybridized carbons (Fsp3) is 1.00. The van der Waals surface area contributed by atoms with Crippen molar-refractivity contribution in [2.45, 2.75) is 240 Å². The van der Waals surface area contributed by atoms with E-state index in [1.807, 2.05) is 0 Å². The van der Waals surface area contributed by atoms with Crippen LogP contribution in [0.4, 0.5) is 0 Å². The molecular formula is C70H158N12+6. The van der Waals surface area contributed by atoms with E-state index in [2.05, 4.69) is 224 Å². The average molecular weight is 1170 g/mol. The van der Waals surface area contributed by atoms with Crippen LogP contribution in [0.5, 0.6) is 0 Å². The van der Waals surface area contributed by atoms with Gasteiger partial charge in [0.25, 0.3) is 0 Å². The zero-order chi connectivity index (χ0) is 62.9. The second kappa shape index (κ2) is 38.2. The first-order valence-electron chi connectivity index (χ1n) is 35.7. The second-order valence-electron chi connectivity index (χ2n) is 31.4. The van der Waals surface area contributed by atoms with Gasteiger partial charge in [0.1, 0.15) is 58.1 Å². The van der Waals surface area contributed by atoms with Crippen LogP contribution in [0.25, 0.3) is 0 Å². The maximum atomic E-state index is 2.70. The third-order valence-corrected chi connectivity index (χ3v) is 21.2.